The van der Waals surface area contributed by atoms with Crippen LogP contribution in [0.4, 0.5) is 0 Å². The number of hydrazine groups is 1. The van der Waals surface area contributed by atoms with E-state index in [2.05, 4.69) is 26.8 Å². The molecule has 0 unspecified atom stereocenters. The van der Waals surface area contributed by atoms with E-state index in [0.717, 1.165) is 21.2 Å². The summed E-state index contributed by atoms with van der Waals surface area (Å²) in [6.07, 6.45) is 0. The molecule has 2 amide bonds. The predicted octanol–water partition coefficient (Wildman–Crippen LogP) is 4.68. The SMILES string of the molecule is Cc1cc(Cl)ccc1OCC(=O)NNC(=O)COc1ccc(-c2ccccc2)cc1Br. The molecule has 0 atom stereocenters. The van der Waals surface area contributed by atoms with Gasteiger partial charge in [0.2, 0.25) is 0 Å². The number of carbonyl (C=O) groups is 2. The van der Waals surface area contributed by atoms with Crippen molar-refractivity contribution in [3.63, 3.8) is 0 Å². The Kier molecular flexibility index (Phi) is 7.92. The number of benzene rings is 3. The van der Waals surface area contributed by atoms with Gasteiger partial charge in [-0.05, 0) is 69.9 Å². The van der Waals surface area contributed by atoms with Gasteiger partial charge in [0, 0.05) is 5.02 Å². The number of halogens is 2. The summed E-state index contributed by atoms with van der Waals surface area (Å²) < 4.78 is 11.7. The van der Waals surface area contributed by atoms with E-state index >= 15 is 0 Å². The summed E-state index contributed by atoms with van der Waals surface area (Å²) in [5, 5.41) is 0.586. The van der Waals surface area contributed by atoms with E-state index in [1.54, 1.807) is 24.3 Å². The number of aryl methyl sites for hydroxylation is 1. The first-order chi connectivity index (χ1) is 14.9. The third kappa shape index (κ3) is 6.73. The minimum Gasteiger partial charge on any atom is -0.483 e. The van der Waals surface area contributed by atoms with Gasteiger partial charge in [-0.1, -0.05) is 48.0 Å². The quantitative estimate of drug-likeness (QED) is 0.459. The molecule has 0 aliphatic heterocycles. The number of ether oxygens (including phenoxy) is 2. The van der Waals surface area contributed by atoms with E-state index in [9.17, 15) is 9.59 Å². The van der Waals surface area contributed by atoms with Gasteiger partial charge >= 0.3 is 0 Å². The lowest BCUT2D eigenvalue weighted by atomic mass is 10.1. The second kappa shape index (κ2) is 10.8. The lowest BCUT2D eigenvalue weighted by Crippen LogP contribution is -2.45. The van der Waals surface area contributed by atoms with Crippen LogP contribution < -0.4 is 20.3 Å². The molecule has 3 aromatic carbocycles. The molecule has 31 heavy (non-hydrogen) atoms. The minimum absolute atomic E-state index is 0.254. The van der Waals surface area contributed by atoms with Crippen molar-refractivity contribution in [1.29, 1.82) is 0 Å². The third-order valence-corrected chi connectivity index (χ3v) is 5.09. The van der Waals surface area contributed by atoms with Crippen LogP contribution in [0.15, 0.2) is 71.2 Å². The molecule has 8 heteroatoms. The van der Waals surface area contributed by atoms with Crippen molar-refractivity contribution in [2.45, 2.75) is 6.92 Å². The number of rotatable bonds is 7. The smallest absolute Gasteiger partial charge is 0.276 e. The summed E-state index contributed by atoms with van der Waals surface area (Å²) in [5.41, 5.74) is 7.48. The van der Waals surface area contributed by atoms with Crippen LogP contribution in [0.3, 0.4) is 0 Å². The van der Waals surface area contributed by atoms with E-state index in [1.165, 1.54) is 0 Å². The van der Waals surface area contributed by atoms with E-state index < -0.39 is 11.8 Å². The molecule has 3 aromatic rings. The van der Waals surface area contributed by atoms with Crippen molar-refractivity contribution in [3.8, 4) is 22.6 Å². The second-order valence-corrected chi connectivity index (χ2v) is 7.89. The average Bonchev–Trinajstić information content (AvgIpc) is 2.76. The molecule has 0 radical (unpaired) electrons. The first-order valence-corrected chi connectivity index (χ1v) is 10.5. The molecule has 160 valence electrons. The van der Waals surface area contributed by atoms with Crippen molar-refractivity contribution in [2.24, 2.45) is 0 Å². The van der Waals surface area contributed by atoms with Crippen molar-refractivity contribution < 1.29 is 19.1 Å². The lowest BCUT2D eigenvalue weighted by Gasteiger charge is -2.12. The summed E-state index contributed by atoms with van der Waals surface area (Å²) >= 11 is 9.35. The molecular weight excluding hydrogens is 484 g/mol. The van der Waals surface area contributed by atoms with Crippen molar-refractivity contribution in [2.75, 3.05) is 13.2 Å². The summed E-state index contributed by atoms with van der Waals surface area (Å²) in [5.74, 6) is 0.0480. The fraction of sp³-hybridized carbons (Fsp3) is 0.130. The first-order valence-electron chi connectivity index (χ1n) is 9.37. The number of carbonyl (C=O) groups excluding carboxylic acids is 2. The van der Waals surface area contributed by atoms with Crippen molar-refractivity contribution in [3.05, 3.63) is 81.8 Å². The van der Waals surface area contributed by atoms with Crippen LogP contribution in [0.1, 0.15) is 5.56 Å². The highest BCUT2D eigenvalue weighted by atomic mass is 79.9. The van der Waals surface area contributed by atoms with E-state index in [4.69, 9.17) is 21.1 Å². The van der Waals surface area contributed by atoms with Crippen LogP contribution in [-0.2, 0) is 9.59 Å². The van der Waals surface area contributed by atoms with Crippen LogP contribution in [0, 0.1) is 6.92 Å². The maximum absolute atomic E-state index is 12.0. The highest BCUT2D eigenvalue weighted by molar-refractivity contribution is 9.10. The van der Waals surface area contributed by atoms with Gasteiger partial charge in [0.25, 0.3) is 11.8 Å². The molecule has 0 aromatic heterocycles. The van der Waals surface area contributed by atoms with Crippen LogP contribution in [0.25, 0.3) is 11.1 Å². The van der Waals surface area contributed by atoms with Gasteiger partial charge in [-0.25, -0.2) is 0 Å². The molecule has 0 spiro atoms. The van der Waals surface area contributed by atoms with Crippen molar-refractivity contribution in [1.82, 2.24) is 10.9 Å². The number of amides is 2. The molecular formula is C23H20BrClN2O4. The fourth-order valence-electron chi connectivity index (χ4n) is 2.70. The summed E-state index contributed by atoms with van der Waals surface area (Å²) in [7, 11) is 0. The fourth-order valence-corrected chi connectivity index (χ4v) is 3.42. The molecule has 0 saturated heterocycles. The lowest BCUT2D eigenvalue weighted by molar-refractivity contribution is -0.131. The highest BCUT2D eigenvalue weighted by Crippen LogP contribution is 2.30. The Morgan fingerprint density at radius 3 is 2.06 bits per heavy atom. The zero-order valence-corrected chi connectivity index (χ0v) is 19.0. The first kappa shape index (κ1) is 22.7. The Hall–Kier alpha value is -3.03. The molecule has 0 heterocycles. The number of hydrogen-bond acceptors (Lipinski definition) is 4. The Labute approximate surface area is 193 Å². The second-order valence-electron chi connectivity index (χ2n) is 6.59. The summed E-state index contributed by atoms with van der Waals surface area (Å²) in [6.45, 7) is 1.31. The van der Waals surface area contributed by atoms with E-state index in [0.29, 0.717) is 16.5 Å². The van der Waals surface area contributed by atoms with Gasteiger partial charge in [-0.2, -0.15) is 0 Å². The largest absolute Gasteiger partial charge is 0.483 e. The molecule has 0 aliphatic rings. The Bertz CT molecular complexity index is 1080. The maximum atomic E-state index is 12.0. The third-order valence-electron chi connectivity index (χ3n) is 4.23. The zero-order valence-electron chi connectivity index (χ0n) is 16.7. The monoisotopic (exact) mass is 502 g/mol. The number of hydrogen-bond donors (Lipinski definition) is 2. The molecule has 2 N–H and O–H groups in total. The topological polar surface area (TPSA) is 76.7 Å². The normalized spacial score (nSPS) is 10.3. The van der Waals surface area contributed by atoms with Gasteiger partial charge in [-0.15, -0.1) is 0 Å². The Balaban J connectivity index is 1.43. The van der Waals surface area contributed by atoms with Gasteiger partial charge in [0.1, 0.15) is 11.5 Å². The number of nitrogens with one attached hydrogen (secondary N) is 2. The average molecular weight is 504 g/mol. The Morgan fingerprint density at radius 1 is 0.839 bits per heavy atom. The predicted molar refractivity (Wildman–Crippen MR) is 123 cm³/mol. The molecule has 0 bridgehead atoms. The van der Waals surface area contributed by atoms with Gasteiger partial charge in [-0.3, -0.25) is 20.4 Å². The van der Waals surface area contributed by atoms with E-state index in [1.807, 2.05) is 49.4 Å². The summed E-state index contributed by atoms with van der Waals surface area (Å²) in [4.78, 5) is 23.8. The van der Waals surface area contributed by atoms with E-state index in [-0.39, 0.29) is 13.2 Å². The molecule has 0 aliphatic carbocycles. The zero-order chi connectivity index (χ0) is 22.2. The van der Waals surface area contributed by atoms with Gasteiger partial charge in [0.05, 0.1) is 4.47 Å². The molecule has 3 rings (SSSR count). The summed E-state index contributed by atoms with van der Waals surface area (Å²) in [6, 6.07) is 20.6. The highest BCUT2D eigenvalue weighted by Gasteiger charge is 2.10. The Morgan fingerprint density at radius 2 is 1.45 bits per heavy atom. The molecule has 6 nitrogen and oxygen atoms in total. The van der Waals surface area contributed by atoms with Crippen LogP contribution >= 0.6 is 27.5 Å². The van der Waals surface area contributed by atoms with Crippen LogP contribution in [0.5, 0.6) is 11.5 Å². The minimum atomic E-state index is -0.505. The van der Waals surface area contributed by atoms with Crippen molar-refractivity contribution >= 4 is 39.3 Å². The molecule has 0 fully saturated rings. The van der Waals surface area contributed by atoms with Crippen LogP contribution in [-0.4, -0.2) is 25.0 Å². The van der Waals surface area contributed by atoms with Crippen LogP contribution in [0.2, 0.25) is 5.02 Å². The van der Waals surface area contributed by atoms with Gasteiger partial charge in [0.15, 0.2) is 13.2 Å². The maximum Gasteiger partial charge on any atom is 0.276 e. The van der Waals surface area contributed by atoms with Gasteiger partial charge < -0.3 is 9.47 Å². The standard InChI is InChI=1S/C23H20BrClN2O4/c1-15-11-18(25)8-10-20(15)30-13-22(28)26-27-23(29)14-31-21-9-7-17(12-19(21)24)16-5-3-2-4-6-16/h2-12H,13-14H2,1H3,(H,26,28)(H,27,29). The molecule has 0 saturated carbocycles.